The van der Waals surface area contributed by atoms with Gasteiger partial charge in [0.2, 0.25) is 0 Å². The Bertz CT molecular complexity index is 986. The fourth-order valence-corrected chi connectivity index (χ4v) is 4.20. The Labute approximate surface area is 186 Å². The molecule has 0 fully saturated rings. The Hall–Kier alpha value is -3.06. The van der Waals surface area contributed by atoms with Crippen LogP contribution >= 0.6 is 0 Å². The zero-order valence-corrected chi connectivity index (χ0v) is 18.9. The van der Waals surface area contributed by atoms with Crippen molar-refractivity contribution in [1.82, 2.24) is 5.32 Å². The van der Waals surface area contributed by atoms with Gasteiger partial charge < -0.3 is 10.6 Å². The highest BCUT2D eigenvalue weighted by Crippen LogP contribution is 2.28. The topological polar surface area (TPSA) is 64.9 Å². The van der Waals surface area contributed by atoms with Crippen LogP contribution in [-0.4, -0.2) is 5.91 Å². The molecule has 0 spiro atoms. The lowest BCUT2D eigenvalue weighted by molar-refractivity contribution is -0.117. The van der Waals surface area contributed by atoms with E-state index in [4.69, 9.17) is 0 Å². The molecule has 2 aromatic rings. The summed E-state index contributed by atoms with van der Waals surface area (Å²) in [5.74, 6) is 0.0468. The number of anilines is 1. The minimum atomic E-state index is -0.347. The Morgan fingerprint density at radius 1 is 1.10 bits per heavy atom. The van der Waals surface area contributed by atoms with E-state index >= 15 is 0 Å². The highest BCUT2D eigenvalue weighted by atomic mass is 16.1. The standard InChI is InChI=1S/C27H33N3O/c1-4-19(3)24-12-8-9-13-26(24)29-18-23(17-28)27(31)30-25(5-2)22-15-14-20-10-6-7-11-21(20)16-22/h8-9,12-16,18-19,25,29H,4-7,10-11H2,1-3H3,(H,30,31)/b23-18-. The summed E-state index contributed by atoms with van der Waals surface area (Å²) >= 11 is 0. The Morgan fingerprint density at radius 2 is 1.84 bits per heavy atom. The van der Waals surface area contributed by atoms with Crippen LogP contribution in [0, 0.1) is 11.3 Å². The molecule has 4 nitrogen and oxygen atoms in total. The van der Waals surface area contributed by atoms with Crippen LogP contribution in [0.2, 0.25) is 0 Å². The molecule has 0 saturated carbocycles. The molecule has 0 aromatic heterocycles. The van der Waals surface area contributed by atoms with Gasteiger partial charge in [-0.3, -0.25) is 4.79 Å². The predicted octanol–water partition coefficient (Wildman–Crippen LogP) is 6.17. The average Bonchev–Trinajstić information content (AvgIpc) is 2.82. The molecule has 0 heterocycles. The van der Waals surface area contributed by atoms with E-state index in [9.17, 15) is 10.1 Å². The largest absolute Gasteiger partial charge is 0.360 e. The van der Waals surface area contributed by atoms with E-state index in [1.807, 2.05) is 18.2 Å². The van der Waals surface area contributed by atoms with Crippen LogP contribution in [0.4, 0.5) is 5.69 Å². The number of carbonyl (C=O) groups is 1. The van der Waals surface area contributed by atoms with Crippen LogP contribution in [0.25, 0.3) is 0 Å². The van der Waals surface area contributed by atoms with Gasteiger partial charge in [-0.2, -0.15) is 5.26 Å². The molecule has 2 atom stereocenters. The van der Waals surface area contributed by atoms with Gasteiger partial charge in [-0.15, -0.1) is 0 Å². The third kappa shape index (κ3) is 5.55. The SMILES string of the molecule is CCC(C)c1ccccc1N/C=C(/C#N)C(=O)NC(CC)c1ccc2c(c1)CCCC2. The number of rotatable bonds is 8. The van der Waals surface area contributed by atoms with Gasteiger partial charge in [-0.05, 0) is 72.8 Å². The maximum atomic E-state index is 12.9. The molecule has 0 radical (unpaired) electrons. The fraction of sp³-hybridized carbons (Fsp3) is 0.407. The van der Waals surface area contributed by atoms with Crippen molar-refractivity contribution in [3.8, 4) is 6.07 Å². The van der Waals surface area contributed by atoms with Crippen LogP contribution in [0.15, 0.2) is 54.2 Å². The summed E-state index contributed by atoms with van der Waals surface area (Å²) < 4.78 is 0. The van der Waals surface area contributed by atoms with Gasteiger partial charge >= 0.3 is 0 Å². The molecule has 1 aliphatic rings. The lowest BCUT2D eigenvalue weighted by Crippen LogP contribution is -2.29. The molecule has 4 heteroatoms. The van der Waals surface area contributed by atoms with Gasteiger partial charge in [0.1, 0.15) is 11.6 Å². The summed E-state index contributed by atoms with van der Waals surface area (Å²) in [6.07, 6.45) is 8.05. The van der Waals surface area contributed by atoms with Gasteiger partial charge in [0.05, 0.1) is 6.04 Å². The molecule has 0 saturated heterocycles. The van der Waals surface area contributed by atoms with Gasteiger partial charge in [-0.25, -0.2) is 0 Å². The number of nitrogens with one attached hydrogen (secondary N) is 2. The van der Waals surface area contributed by atoms with E-state index in [2.05, 4.69) is 61.7 Å². The first-order chi connectivity index (χ1) is 15.1. The molecule has 0 bridgehead atoms. The number of para-hydroxylation sites is 1. The van der Waals surface area contributed by atoms with Crippen LogP contribution in [-0.2, 0) is 17.6 Å². The Balaban J connectivity index is 1.74. The molecule has 0 aliphatic heterocycles. The number of hydrogen-bond acceptors (Lipinski definition) is 3. The van der Waals surface area contributed by atoms with Gasteiger partial charge in [-0.1, -0.05) is 57.2 Å². The van der Waals surface area contributed by atoms with Gasteiger partial charge in [0.15, 0.2) is 0 Å². The number of amides is 1. The quantitative estimate of drug-likeness (QED) is 0.400. The van der Waals surface area contributed by atoms with Gasteiger partial charge in [0, 0.05) is 11.9 Å². The van der Waals surface area contributed by atoms with E-state index in [1.54, 1.807) is 0 Å². The van der Waals surface area contributed by atoms with Crippen LogP contribution < -0.4 is 10.6 Å². The first-order valence-corrected chi connectivity index (χ1v) is 11.5. The van der Waals surface area contributed by atoms with Crippen molar-refractivity contribution in [3.63, 3.8) is 0 Å². The fourth-order valence-electron chi connectivity index (χ4n) is 4.20. The monoisotopic (exact) mass is 415 g/mol. The Morgan fingerprint density at radius 3 is 2.55 bits per heavy atom. The molecule has 2 aromatic carbocycles. The Kier molecular flexibility index (Phi) is 7.89. The first kappa shape index (κ1) is 22.6. The highest BCUT2D eigenvalue weighted by molar-refractivity contribution is 5.97. The molecular formula is C27H33N3O. The molecule has 1 aliphatic carbocycles. The maximum Gasteiger partial charge on any atom is 0.263 e. The van der Waals surface area contributed by atoms with Gasteiger partial charge in [0.25, 0.3) is 5.91 Å². The number of nitriles is 1. The number of fused-ring (bicyclic) bond motifs is 1. The molecule has 1 amide bonds. The third-order valence-corrected chi connectivity index (χ3v) is 6.33. The van der Waals surface area contributed by atoms with Crippen molar-refractivity contribution < 1.29 is 4.79 Å². The average molecular weight is 416 g/mol. The summed E-state index contributed by atoms with van der Waals surface area (Å²) in [6.45, 7) is 6.38. The summed E-state index contributed by atoms with van der Waals surface area (Å²) in [5.41, 5.74) is 6.13. The number of nitrogens with zero attached hydrogens (tertiary/aromatic N) is 1. The normalized spacial score (nSPS) is 15.4. The van der Waals surface area contributed by atoms with Crippen molar-refractivity contribution in [2.75, 3.05) is 5.32 Å². The summed E-state index contributed by atoms with van der Waals surface area (Å²) in [7, 11) is 0. The van der Waals surface area contributed by atoms with Crippen molar-refractivity contribution in [3.05, 3.63) is 76.5 Å². The van der Waals surface area contributed by atoms with Crippen LogP contribution in [0.3, 0.4) is 0 Å². The van der Waals surface area contributed by atoms with E-state index in [0.29, 0.717) is 5.92 Å². The second-order valence-corrected chi connectivity index (χ2v) is 8.38. The van der Waals surface area contributed by atoms with Crippen LogP contribution in [0.5, 0.6) is 0 Å². The van der Waals surface area contributed by atoms with Crippen LogP contribution in [0.1, 0.15) is 80.7 Å². The molecule has 3 rings (SSSR count). The summed E-state index contributed by atoms with van der Waals surface area (Å²) in [6, 6.07) is 16.5. The van der Waals surface area contributed by atoms with Crippen molar-refractivity contribution >= 4 is 11.6 Å². The number of carbonyl (C=O) groups excluding carboxylic acids is 1. The zero-order valence-electron chi connectivity index (χ0n) is 18.9. The lowest BCUT2D eigenvalue weighted by Gasteiger charge is -2.21. The van der Waals surface area contributed by atoms with Crippen molar-refractivity contribution in [2.45, 2.75) is 71.3 Å². The number of benzene rings is 2. The minimum absolute atomic E-state index is 0.0790. The molecule has 162 valence electrons. The summed E-state index contributed by atoms with van der Waals surface area (Å²) in [5, 5.41) is 15.8. The number of hydrogen-bond donors (Lipinski definition) is 2. The van der Waals surface area contributed by atoms with Crippen molar-refractivity contribution in [1.29, 1.82) is 5.26 Å². The first-order valence-electron chi connectivity index (χ1n) is 11.5. The van der Waals surface area contributed by atoms with E-state index in [1.165, 1.54) is 35.7 Å². The maximum absolute atomic E-state index is 12.9. The lowest BCUT2D eigenvalue weighted by atomic mass is 9.88. The van der Waals surface area contributed by atoms with E-state index in [-0.39, 0.29) is 17.5 Å². The van der Waals surface area contributed by atoms with Crippen molar-refractivity contribution in [2.24, 2.45) is 0 Å². The van der Waals surface area contributed by atoms with E-state index in [0.717, 1.165) is 36.9 Å². The summed E-state index contributed by atoms with van der Waals surface area (Å²) in [4.78, 5) is 12.9. The minimum Gasteiger partial charge on any atom is -0.360 e. The predicted molar refractivity (Wildman–Crippen MR) is 127 cm³/mol. The smallest absolute Gasteiger partial charge is 0.263 e. The second-order valence-electron chi connectivity index (χ2n) is 8.38. The number of aryl methyl sites for hydroxylation is 2. The zero-order chi connectivity index (χ0) is 22.2. The van der Waals surface area contributed by atoms with E-state index < -0.39 is 0 Å². The highest BCUT2D eigenvalue weighted by Gasteiger charge is 2.18. The molecule has 2 N–H and O–H groups in total. The molecule has 2 unspecified atom stereocenters. The third-order valence-electron chi connectivity index (χ3n) is 6.33. The second kappa shape index (κ2) is 10.8. The molecule has 31 heavy (non-hydrogen) atoms. The molecular weight excluding hydrogens is 382 g/mol.